The van der Waals surface area contributed by atoms with Crippen LogP contribution in [0, 0.1) is 6.92 Å². The van der Waals surface area contributed by atoms with Crippen molar-refractivity contribution in [2.45, 2.75) is 26.4 Å². The average molecular weight is 282 g/mol. The van der Waals surface area contributed by atoms with Gasteiger partial charge in [0.2, 0.25) is 0 Å². The van der Waals surface area contributed by atoms with Crippen molar-refractivity contribution in [2.24, 2.45) is 0 Å². The zero-order valence-corrected chi connectivity index (χ0v) is 11.8. The Kier molecular flexibility index (Phi) is 3.48. The molecule has 0 amide bonds. The molecule has 1 aromatic carbocycles. The zero-order valence-electron chi connectivity index (χ0n) is 11.8. The van der Waals surface area contributed by atoms with Crippen molar-refractivity contribution in [3.8, 4) is 0 Å². The van der Waals surface area contributed by atoms with Crippen molar-refractivity contribution in [1.29, 1.82) is 0 Å². The zero-order chi connectivity index (χ0) is 14.8. The molecule has 0 aliphatic heterocycles. The van der Waals surface area contributed by atoms with E-state index in [0.717, 1.165) is 23.1 Å². The van der Waals surface area contributed by atoms with Crippen LogP contribution in [0.4, 0.5) is 0 Å². The highest BCUT2D eigenvalue weighted by atomic mass is 16.4. The predicted octanol–water partition coefficient (Wildman–Crippen LogP) is 1.33. The first-order valence-corrected chi connectivity index (χ1v) is 6.89. The second-order valence-electron chi connectivity index (χ2n) is 5.09. The Hall–Kier alpha value is -2.56. The largest absolute Gasteiger partial charge is 0.550 e. The number of benzene rings is 1. The number of carbonyl (C=O) groups excluding carboxylic acids is 1. The summed E-state index contributed by atoms with van der Waals surface area (Å²) in [7, 11) is 0. The van der Waals surface area contributed by atoms with Crippen molar-refractivity contribution < 1.29 is 9.90 Å². The normalized spacial score (nSPS) is 11.1. The van der Waals surface area contributed by atoms with Crippen LogP contribution >= 0.6 is 0 Å². The molecule has 0 saturated carbocycles. The number of carbonyl (C=O) groups is 1. The molecular formula is C16H16N3O2-. The lowest BCUT2D eigenvalue weighted by Crippen LogP contribution is -2.23. The van der Waals surface area contributed by atoms with Crippen LogP contribution < -0.4 is 5.11 Å². The van der Waals surface area contributed by atoms with E-state index in [1.165, 1.54) is 5.56 Å². The van der Waals surface area contributed by atoms with E-state index in [2.05, 4.69) is 15.6 Å². The van der Waals surface area contributed by atoms with Crippen LogP contribution in [0.1, 0.15) is 17.7 Å². The molecule has 2 aromatic heterocycles. The first kappa shape index (κ1) is 13.4. The predicted molar refractivity (Wildman–Crippen MR) is 77.6 cm³/mol. The van der Waals surface area contributed by atoms with Crippen LogP contribution in [0.3, 0.4) is 0 Å². The summed E-state index contributed by atoms with van der Waals surface area (Å²) < 4.78 is 4.06. The van der Waals surface area contributed by atoms with E-state index in [1.54, 1.807) is 12.5 Å². The van der Waals surface area contributed by atoms with E-state index in [4.69, 9.17) is 0 Å². The van der Waals surface area contributed by atoms with Gasteiger partial charge in [-0.3, -0.25) is 0 Å². The average Bonchev–Trinajstić information content (AvgIpc) is 3.06. The van der Waals surface area contributed by atoms with E-state index in [0.29, 0.717) is 6.54 Å². The van der Waals surface area contributed by atoms with Gasteiger partial charge in [0, 0.05) is 53.5 Å². The lowest BCUT2D eigenvalue weighted by atomic mass is 10.1. The number of carboxylic acid groups (broad SMARTS) is 1. The van der Waals surface area contributed by atoms with Gasteiger partial charge in [0.1, 0.15) is 0 Å². The van der Waals surface area contributed by atoms with Gasteiger partial charge in [-0.2, -0.15) is 0 Å². The van der Waals surface area contributed by atoms with Crippen LogP contribution in [0.5, 0.6) is 0 Å². The summed E-state index contributed by atoms with van der Waals surface area (Å²) in [6.45, 7) is 3.19. The van der Waals surface area contributed by atoms with Crippen LogP contribution in [0.15, 0.2) is 43.0 Å². The maximum Gasteiger partial charge on any atom is 0.0949 e. The van der Waals surface area contributed by atoms with Crippen molar-refractivity contribution >= 4 is 16.9 Å². The highest BCUT2D eigenvalue weighted by Crippen LogP contribution is 2.26. The Morgan fingerprint density at radius 3 is 2.86 bits per heavy atom. The van der Waals surface area contributed by atoms with E-state index in [9.17, 15) is 9.90 Å². The standard InChI is InChI=1S/C16H17N3O2/c1-12-14(10-18-9-7-17-11-18)13-4-2-3-5-15(13)19(12)8-6-16(20)21/h2-5,7,9,11H,6,8,10H2,1H3,(H,20,21)/p-1. The molecule has 3 aromatic rings. The molecule has 0 N–H and O–H groups in total. The number of aliphatic carboxylic acids is 1. The molecule has 21 heavy (non-hydrogen) atoms. The van der Waals surface area contributed by atoms with Gasteiger partial charge in [0.25, 0.3) is 0 Å². The lowest BCUT2D eigenvalue weighted by molar-refractivity contribution is -0.305. The van der Waals surface area contributed by atoms with Crippen LogP contribution in [-0.4, -0.2) is 20.1 Å². The minimum Gasteiger partial charge on any atom is -0.550 e. The number of nitrogens with zero attached hydrogens (tertiary/aromatic N) is 3. The Morgan fingerprint density at radius 1 is 1.33 bits per heavy atom. The minimum absolute atomic E-state index is 0.0179. The Labute approximate surface area is 122 Å². The number of aromatic nitrogens is 3. The van der Waals surface area contributed by atoms with Gasteiger partial charge in [0.05, 0.1) is 12.9 Å². The number of fused-ring (bicyclic) bond motifs is 1. The summed E-state index contributed by atoms with van der Waals surface area (Å²) in [5.41, 5.74) is 3.35. The van der Waals surface area contributed by atoms with Gasteiger partial charge in [0.15, 0.2) is 0 Å². The third-order valence-corrected chi connectivity index (χ3v) is 3.80. The van der Waals surface area contributed by atoms with Crippen molar-refractivity contribution in [1.82, 2.24) is 14.1 Å². The number of aryl methyl sites for hydroxylation is 1. The lowest BCUT2D eigenvalue weighted by Gasteiger charge is -2.09. The molecule has 0 saturated heterocycles. The van der Waals surface area contributed by atoms with Gasteiger partial charge in [-0.15, -0.1) is 0 Å². The molecule has 0 unspecified atom stereocenters. The summed E-state index contributed by atoms with van der Waals surface area (Å²) in [6, 6.07) is 8.07. The highest BCUT2D eigenvalue weighted by molar-refractivity contribution is 5.85. The van der Waals surface area contributed by atoms with E-state index in [1.807, 2.05) is 35.9 Å². The molecule has 0 fully saturated rings. The number of para-hydroxylation sites is 1. The number of hydrogen-bond acceptors (Lipinski definition) is 3. The van der Waals surface area contributed by atoms with Gasteiger partial charge in [-0.25, -0.2) is 4.98 Å². The van der Waals surface area contributed by atoms with Gasteiger partial charge in [-0.05, 0) is 13.0 Å². The summed E-state index contributed by atoms with van der Waals surface area (Å²) in [5.74, 6) is -1.02. The second kappa shape index (κ2) is 5.44. The molecular weight excluding hydrogens is 266 g/mol. The maximum atomic E-state index is 10.7. The van der Waals surface area contributed by atoms with Crippen LogP contribution in [-0.2, 0) is 17.9 Å². The van der Waals surface area contributed by atoms with Crippen molar-refractivity contribution in [3.05, 3.63) is 54.2 Å². The number of carboxylic acids is 1. The molecule has 108 valence electrons. The molecule has 0 radical (unpaired) electrons. The molecule has 2 heterocycles. The molecule has 3 rings (SSSR count). The summed E-state index contributed by atoms with van der Waals surface area (Å²) in [5, 5.41) is 11.9. The maximum absolute atomic E-state index is 10.7. The number of rotatable bonds is 5. The fourth-order valence-electron chi connectivity index (χ4n) is 2.76. The number of hydrogen-bond donors (Lipinski definition) is 0. The fraction of sp³-hybridized carbons (Fsp3) is 0.250. The quantitative estimate of drug-likeness (QED) is 0.709. The van der Waals surface area contributed by atoms with E-state index < -0.39 is 5.97 Å². The Morgan fingerprint density at radius 2 is 2.14 bits per heavy atom. The molecule has 5 nitrogen and oxygen atoms in total. The van der Waals surface area contributed by atoms with Crippen LogP contribution in [0.25, 0.3) is 10.9 Å². The SMILES string of the molecule is Cc1c(Cn2ccnc2)c2ccccc2n1CCC(=O)[O-]. The van der Waals surface area contributed by atoms with E-state index >= 15 is 0 Å². The minimum atomic E-state index is -1.02. The van der Waals surface area contributed by atoms with E-state index in [-0.39, 0.29) is 6.42 Å². The molecule has 0 aliphatic rings. The van der Waals surface area contributed by atoms with Gasteiger partial charge < -0.3 is 19.0 Å². The summed E-state index contributed by atoms with van der Waals surface area (Å²) in [4.78, 5) is 14.8. The summed E-state index contributed by atoms with van der Waals surface area (Å²) in [6.07, 6.45) is 5.48. The Bertz CT molecular complexity index is 772. The summed E-state index contributed by atoms with van der Waals surface area (Å²) >= 11 is 0. The third kappa shape index (κ3) is 2.54. The second-order valence-corrected chi connectivity index (χ2v) is 5.09. The fourth-order valence-corrected chi connectivity index (χ4v) is 2.76. The number of imidazole rings is 1. The van der Waals surface area contributed by atoms with Crippen molar-refractivity contribution in [2.75, 3.05) is 0 Å². The Balaban J connectivity index is 2.06. The smallest absolute Gasteiger partial charge is 0.0949 e. The molecule has 5 heteroatoms. The van der Waals surface area contributed by atoms with Gasteiger partial charge in [-0.1, -0.05) is 18.2 Å². The molecule has 0 aliphatic carbocycles. The van der Waals surface area contributed by atoms with Gasteiger partial charge >= 0.3 is 0 Å². The first-order valence-electron chi connectivity index (χ1n) is 6.89. The molecule has 0 bridgehead atoms. The third-order valence-electron chi connectivity index (χ3n) is 3.80. The monoisotopic (exact) mass is 282 g/mol. The molecule has 0 spiro atoms. The first-order chi connectivity index (χ1) is 10.2. The van der Waals surface area contributed by atoms with Crippen molar-refractivity contribution in [3.63, 3.8) is 0 Å². The topological polar surface area (TPSA) is 62.9 Å². The highest BCUT2D eigenvalue weighted by Gasteiger charge is 2.13. The molecule has 0 atom stereocenters. The van der Waals surface area contributed by atoms with Crippen LogP contribution in [0.2, 0.25) is 0 Å².